The van der Waals surface area contributed by atoms with Crippen molar-refractivity contribution in [3.63, 3.8) is 0 Å². The fourth-order valence-electron chi connectivity index (χ4n) is 1.30. The van der Waals surface area contributed by atoms with Crippen LogP contribution in [-0.2, 0) is 0 Å². The number of carboxylic acids is 1. The number of carbonyl (C=O) groups is 1. The van der Waals surface area contributed by atoms with E-state index in [-0.39, 0.29) is 11.7 Å². The summed E-state index contributed by atoms with van der Waals surface area (Å²) in [7, 11) is 1.52. The van der Waals surface area contributed by atoms with Crippen LogP contribution in [0.2, 0.25) is 0 Å². The van der Waals surface area contributed by atoms with Crippen molar-refractivity contribution in [2.24, 2.45) is 0 Å². The van der Waals surface area contributed by atoms with Crippen LogP contribution in [0.1, 0.15) is 10.6 Å². The number of benzene rings is 1. The second-order valence-corrected chi connectivity index (χ2v) is 3.18. The maximum atomic E-state index is 10.6. The van der Waals surface area contributed by atoms with E-state index in [1.165, 1.54) is 19.2 Å². The molecule has 0 saturated heterocycles. The lowest BCUT2D eigenvalue weighted by molar-refractivity contribution is 0.0657. The SMILES string of the molecule is COc1ccccc1Oc1ccc(C(=O)O)o1. The molecule has 1 heterocycles. The topological polar surface area (TPSA) is 68.9 Å². The molecule has 0 radical (unpaired) electrons. The Balaban J connectivity index is 2.22. The van der Waals surface area contributed by atoms with Crippen molar-refractivity contribution < 1.29 is 23.8 Å². The Morgan fingerprint density at radius 3 is 2.47 bits per heavy atom. The largest absolute Gasteiger partial charge is 0.493 e. The lowest BCUT2D eigenvalue weighted by Crippen LogP contribution is -1.92. The number of rotatable bonds is 4. The van der Waals surface area contributed by atoms with Crippen molar-refractivity contribution in [3.05, 3.63) is 42.2 Å². The highest BCUT2D eigenvalue weighted by molar-refractivity contribution is 5.84. The van der Waals surface area contributed by atoms with Gasteiger partial charge in [0.25, 0.3) is 5.95 Å². The zero-order valence-electron chi connectivity index (χ0n) is 9.04. The second-order valence-electron chi connectivity index (χ2n) is 3.18. The number of para-hydroxylation sites is 2. The highest BCUT2D eigenvalue weighted by Crippen LogP contribution is 2.31. The fraction of sp³-hybridized carbons (Fsp3) is 0.0833. The van der Waals surface area contributed by atoms with Gasteiger partial charge < -0.3 is 19.0 Å². The lowest BCUT2D eigenvalue weighted by Gasteiger charge is -2.06. The molecule has 0 saturated carbocycles. The molecule has 0 aliphatic rings. The Hall–Kier alpha value is -2.43. The Morgan fingerprint density at radius 2 is 1.88 bits per heavy atom. The van der Waals surface area contributed by atoms with Crippen LogP contribution in [0, 0.1) is 0 Å². The molecule has 2 rings (SSSR count). The summed E-state index contributed by atoms with van der Waals surface area (Å²) in [6.07, 6.45) is 0. The van der Waals surface area contributed by atoms with Gasteiger partial charge in [-0.1, -0.05) is 12.1 Å². The second kappa shape index (κ2) is 4.61. The van der Waals surface area contributed by atoms with Gasteiger partial charge in [0.1, 0.15) is 0 Å². The molecule has 0 atom stereocenters. The van der Waals surface area contributed by atoms with Gasteiger partial charge in [0.05, 0.1) is 7.11 Å². The van der Waals surface area contributed by atoms with E-state index in [2.05, 4.69) is 0 Å². The van der Waals surface area contributed by atoms with Gasteiger partial charge in [0, 0.05) is 6.07 Å². The molecule has 0 unspecified atom stereocenters. The summed E-state index contributed by atoms with van der Waals surface area (Å²) in [5.74, 6) is -0.205. The van der Waals surface area contributed by atoms with Gasteiger partial charge in [-0.25, -0.2) is 4.79 Å². The van der Waals surface area contributed by atoms with Crippen molar-refractivity contribution in [2.75, 3.05) is 7.11 Å². The van der Waals surface area contributed by atoms with Gasteiger partial charge in [-0.05, 0) is 18.2 Å². The number of methoxy groups -OCH3 is 1. The first kappa shape index (κ1) is 11.1. The number of carboxylic acid groups (broad SMARTS) is 1. The first-order valence-electron chi connectivity index (χ1n) is 4.84. The van der Waals surface area contributed by atoms with E-state index in [0.29, 0.717) is 11.5 Å². The molecular weight excluding hydrogens is 224 g/mol. The van der Waals surface area contributed by atoms with Crippen molar-refractivity contribution in [2.45, 2.75) is 0 Å². The third kappa shape index (κ3) is 2.39. The van der Waals surface area contributed by atoms with Crippen LogP contribution in [0.5, 0.6) is 17.4 Å². The lowest BCUT2D eigenvalue weighted by atomic mass is 10.3. The Kier molecular flexibility index (Phi) is 3.00. The first-order valence-corrected chi connectivity index (χ1v) is 4.84. The van der Waals surface area contributed by atoms with E-state index in [4.69, 9.17) is 19.0 Å². The number of ether oxygens (including phenoxy) is 2. The number of hydrogen-bond acceptors (Lipinski definition) is 4. The summed E-state index contributed by atoms with van der Waals surface area (Å²) in [4.78, 5) is 10.6. The maximum Gasteiger partial charge on any atom is 0.371 e. The zero-order chi connectivity index (χ0) is 12.3. The van der Waals surface area contributed by atoms with Gasteiger partial charge in [-0.2, -0.15) is 0 Å². The van der Waals surface area contributed by atoms with Crippen LogP contribution in [0.3, 0.4) is 0 Å². The minimum Gasteiger partial charge on any atom is -0.493 e. The molecule has 0 aliphatic carbocycles. The van der Waals surface area contributed by atoms with Crippen LogP contribution in [0.4, 0.5) is 0 Å². The summed E-state index contributed by atoms with van der Waals surface area (Å²) >= 11 is 0. The number of hydrogen-bond donors (Lipinski definition) is 1. The third-order valence-corrected chi connectivity index (χ3v) is 2.07. The predicted molar refractivity (Wildman–Crippen MR) is 58.7 cm³/mol. The third-order valence-electron chi connectivity index (χ3n) is 2.07. The van der Waals surface area contributed by atoms with E-state index in [1.54, 1.807) is 24.3 Å². The van der Waals surface area contributed by atoms with E-state index in [1.807, 2.05) is 0 Å². The molecule has 0 fully saturated rings. The minimum atomic E-state index is -1.14. The molecule has 5 nitrogen and oxygen atoms in total. The molecule has 0 amide bonds. The van der Waals surface area contributed by atoms with Gasteiger partial charge >= 0.3 is 5.97 Å². The van der Waals surface area contributed by atoms with E-state index in [9.17, 15) is 4.79 Å². The first-order chi connectivity index (χ1) is 8.20. The molecular formula is C12H10O5. The standard InChI is InChI=1S/C12H10O5/c1-15-8-4-2-3-5-9(8)16-11-7-6-10(17-11)12(13)14/h2-7H,1H3,(H,13,14). The van der Waals surface area contributed by atoms with Crippen LogP contribution in [0.15, 0.2) is 40.8 Å². The maximum absolute atomic E-state index is 10.6. The van der Waals surface area contributed by atoms with Gasteiger partial charge in [0.15, 0.2) is 11.5 Å². The summed E-state index contributed by atoms with van der Waals surface area (Å²) in [5.41, 5.74) is 0. The van der Waals surface area contributed by atoms with Crippen molar-refractivity contribution in [1.29, 1.82) is 0 Å². The molecule has 88 valence electrons. The van der Waals surface area contributed by atoms with Crippen LogP contribution < -0.4 is 9.47 Å². The molecule has 1 aromatic carbocycles. The normalized spacial score (nSPS) is 9.94. The van der Waals surface area contributed by atoms with Crippen LogP contribution in [-0.4, -0.2) is 18.2 Å². The van der Waals surface area contributed by atoms with Gasteiger partial charge in [-0.3, -0.25) is 0 Å². The Bertz CT molecular complexity index is 529. The van der Waals surface area contributed by atoms with Crippen molar-refractivity contribution in [3.8, 4) is 17.4 Å². The average molecular weight is 234 g/mol. The zero-order valence-corrected chi connectivity index (χ0v) is 9.04. The molecule has 1 N–H and O–H groups in total. The van der Waals surface area contributed by atoms with Gasteiger partial charge in [0.2, 0.25) is 5.76 Å². The van der Waals surface area contributed by atoms with Crippen molar-refractivity contribution in [1.82, 2.24) is 0 Å². The number of furan rings is 1. The molecule has 2 aromatic rings. The summed E-state index contributed by atoms with van der Waals surface area (Å²) in [5, 5.41) is 8.69. The summed E-state index contributed by atoms with van der Waals surface area (Å²) < 4.78 is 15.4. The summed E-state index contributed by atoms with van der Waals surface area (Å²) in [6, 6.07) is 9.77. The molecule has 1 aromatic heterocycles. The van der Waals surface area contributed by atoms with Gasteiger partial charge in [-0.15, -0.1) is 0 Å². The monoisotopic (exact) mass is 234 g/mol. The quantitative estimate of drug-likeness (QED) is 0.880. The van der Waals surface area contributed by atoms with E-state index in [0.717, 1.165) is 0 Å². The minimum absolute atomic E-state index is 0.104. The molecule has 0 spiro atoms. The van der Waals surface area contributed by atoms with Crippen molar-refractivity contribution >= 4 is 5.97 Å². The summed E-state index contributed by atoms with van der Waals surface area (Å²) in [6.45, 7) is 0. The average Bonchev–Trinajstić information content (AvgIpc) is 2.78. The Labute approximate surface area is 97.2 Å². The Morgan fingerprint density at radius 1 is 1.18 bits per heavy atom. The molecule has 17 heavy (non-hydrogen) atoms. The smallest absolute Gasteiger partial charge is 0.371 e. The molecule has 5 heteroatoms. The van der Waals surface area contributed by atoms with E-state index < -0.39 is 5.97 Å². The van der Waals surface area contributed by atoms with Crippen LogP contribution >= 0.6 is 0 Å². The number of aromatic carboxylic acids is 1. The highest BCUT2D eigenvalue weighted by Gasteiger charge is 2.11. The van der Waals surface area contributed by atoms with Crippen LogP contribution in [0.25, 0.3) is 0 Å². The highest BCUT2D eigenvalue weighted by atomic mass is 16.6. The van der Waals surface area contributed by atoms with E-state index >= 15 is 0 Å². The molecule has 0 aliphatic heterocycles. The fourth-order valence-corrected chi connectivity index (χ4v) is 1.30. The molecule has 0 bridgehead atoms. The predicted octanol–water partition coefficient (Wildman–Crippen LogP) is 2.78.